The lowest BCUT2D eigenvalue weighted by Gasteiger charge is -2.08. The zero-order chi connectivity index (χ0) is 11.5. The van der Waals surface area contributed by atoms with Gasteiger partial charge in [0.15, 0.2) is 11.6 Å². The van der Waals surface area contributed by atoms with Gasteiger partial charge in [0.05, 0.1) is 0 Å². The molecule has 16 heavy (non-hydrogen) atoms. The lowest BCUT2D eigenvalue weighted by molar-refractivity contribution is 1.18. The minimum atomic E-state index is 0.256. The van der Waals surface area contributed by atoms with Crippen LogP contribution in [0.2, 0.25) is 5.02 Å². The second kappa shape index (κ2) is 4.24. The van der Waals surface area contributed by atoms with Crippen LogP contribution in [0.5, 0.6) is 0 Å². The average molecular weight is 236 g/mol. The van der Waals surface area contributed by atoms with Crippen LogP contribution in [0.1, 0.15) is 0 Å². The zero-order valence-corrected chi connectivity index (χ0v) is 9.07. The summed E-state index contributed by atoms with van der Waals surface area (Å²) in [6, 6.07) is 7.18. The number of nitrogen functional groups attached to an aromatic ring is 2. The molecule has 0 saturated heterocycles. The number of benzene rings is 1. The molecule has 5 nitrogen and oxygen atoms in total. The Morgan fingerprint density at radius 3 is 2.44 bits per heavy atom. The number of hydrogen-bond donors (Lipinski definition) is 3. The Morgan fingerprint density at radius 2 is 1.75 bits per heavy atom. The molecule has 0 saturated carbocycles. The van der Waals surface area contributed by atoms with Gasteiger partial charge < -0.3 is 16.8 Å². The minimum Gasteiger partial charge on any atom is -0.393 e. The first-order chi connectivity index (χ1) is 7.66. The Hall–Kier alpha value is -2.01. The molecule has 0 aliphatic heterocycles. The summed E-state index contributed by atoms with van der Waals surface area (Å²) < 4.78 is 0. The molecule has 82 valence electrons. The van der Waals surface area contributed by atoms with E-state index in [2.05, 4.69) is 15.3 Å². The molecule has 0 unspecified atom stereocenters. The second-order valence-electron chi connectivity index (χ2n) is 3.15. The maximum atomic E-state index is 5.77. The lowest BCUT2D eigenvalue weighted by atomic mass is 10.3. The third kappa shape index (κ3) is 2.14. The van der Waals surface area contributed by atoms with Crippen molar-refractivity contribution in [2.75, 3.05) is 16.8 Å². The van der Waals surface area contributed by atoms with E-state index in [0.29, 0.717) is 16.5 Å². The molecule has 6 heteroatoms. The quantitative estimate of drug-likeness (QED) is 0.741. The van der Waals surface area contributed by atoms with Crippen molar-refractivity contribution in [3.05, 3.63) is 35.6 Å². The molecule has 0 atom stereocenters. The van der Waals surface area contributed by atoms with E-state index in [4.69, 9.17) is 23.1 Å². The normalized spacial score (nSPS) is 10.1. The van der Waals surface area contributed by atoms with Crippen molar-refractivity contribution in [3.63, 3.8) is 0 Å². The molecule has 0 amide bonds. The maximum Gasteiger partial charge on any atom is 0.159 e. The highest BCUT2D eigenvalue weighted by atomic mass is 35.5. The molecule has 1 heterocycles. The summed E-state index contributed by atoms with van der Waals surface area (Å²) in [5.41, 5.74) is 12.4. The van der Waals surface area contributed by atoms with Gasteiger partial charge in [-0.1, -0.05) is 11.6 Å². The first-order valence-electron chi connectivity index (χ1n) is 4.55. The molecule has 2 rings (SSSR count). The van der Waals surface area contributed by atoms with Gasteiger partial charge in [0, 0.05) is 10.7 Å². The van der Waals surface area contributed by atoms with Crippen LogP contribution in [0.25, 0.3) is 0 Å². The summed E-state index contributed by atoms with van der Waals surface area (Å²) in [7, 11) is 0. The predicted octanol–water partition coefficient (Wildman–Crippen LogP) is 2.04. The Balaban J connectivity index is 2.27. The first-order valence-corrected chi connectivity index (χ1v) is 4.93. The summed E-state index contributed by atoms with van der Waals surface area (Å²) >= 11 is 5.77. The third-order valence-electron chi connectivity index (χ3n) is 2.02. The van der Waals surface area contributed by atoms with Gasteiger partial charge in [-0.3, -0.25) is 0 Å². The van der Waals surface area contributed by atoms with Crippen LogP contribution >= 0.6 is 11.6 Å². The van der Waals surface area contributed by atoms with Crippen molar-refractivity contribution >= 4 is 34.6 Å². The first kappa shape index (κ1) is 10.5. The number of rotatable bonds is 2. The number of hydrogen-bond acceptors (Lipinski definition) is 5. The number of nitrogens with one attached hydrogen (secondary N) is 1. The molecular formula is C10H10ClN5. The Bertz CT molecular complexity index is 497. The fraction of sp³-hybridized carbons (Fsp3) is 0. The van der Waals surface area contributed by atoms with E-state index in [9.17, 15) is 0 Å². The Morgan fingerprint density at radius 1 is 1.06 bits per heavy atom. The smallest absolute Gasteiger partial charge is 0.159 e. The lowest BCUT2D eigenvalue weighted by Crippen LogP contribution is -2.04. The van der Waals surface area contributed by atoms with Gasteiger partial charge in [-0.25, -0.2) is 9.97 Å². The highest BCUT2D eigenvalue weighted by Crippen LogP contribution is 2.24. The van der Waals surface area contributed by atoms with E-state index in [1.54, 1.807) is 12.1 Å². The number of aromatic nitrogens is 2. The van der Waals surface area contributed by atoms with E-state index < -0.39 is 0 Å². The number of anilines is 4. The summed E-state index contributed by atoms with van der Waals surface area (Å²) in [6.45, 7) is 0. The van der Waals surface area contributed by atoms with Crippen LogP contribution in [0.4, 0.5) is 23.0 Å². The monoisotopic (exact) mass is 235 g/mol. The summed E-state index contributed by atoms with van der Waals surface area (Å²) in [5, 5.41) is 3.69. The van der Waals surface area contributed by atoms with Crippen LogP contribution in [0.3, 0.4) is 0 Å². The summed E-state index contributed by atoms with van der Waals surface area (Å²) in [5.74, 6) is 0.737. The van der Waals surface area contributed by atoms with E-state index >= 15 is 0 Å². The van der Waals surface area contributed by atoms with Crippen LogP contribution in [0, 0.1) is 0 Å². The topological polar surface area (TPSA) is 89.8 Å². The molecule has 0 bridgehead atoms. The van der Waals surface area contributed by atoms with Gasteiger partial charge in [-0.2, -0.15) is 0 Å². The Kier molecular flexibility index (Phi) is 2.78. The number of nitrogens with zero attached hydrogens (tertiary/aromatic N) is 2. The van der Waals surface area contributed by atoms with Crippen molar-refractivity contribution in [1.82, 2.24) is 9.97 Å². The molecule has 1 aromatic carbocycles. The van der Waals surface area contributed by atoms with Crippen molar-refractivity contribution in [3.8, 4) is 0 Å². The second-order valence-corrected chi connectivity index (χ2v) is 3.59. The molecule has 1 aromatic heterocycles. The van der Waals surface area contributed by atoms with E-state index in [-0.39, 0.29) is 5.82 Å². The standard InChI is InChI=1S/C10H10ClN5/c11-6-1-3-7(4-2-6)16-10-8(12)9(13)14-5-15-10/h1-5H,12H2,(H3,13,14,15,16). The van der Waals surface area contributed by atoms with E-state index in [1.165, 1.54) is 6.33 Å². The molecule has 0 fully saturated rings. The fourth-order valence-electron chi connectivity index (χ4n) is 1.18. The van der Waals surface area contributed by atoms with Crippen molar-refractivity contribution in [1.29, 1.82) is 0 Å². The molecule has 0 aliphatic rings. The number of nitrogens with two attached hydrogens (primary N) is 2. The van der Waals surface area contributed by atoms with Crippen molar-refractivity contribution in [2.45, 2.75) is 0 Å². The largest absolute Gasteiger partial charge is 0.393 e. The minimum absolute atomic E-state index is 0.256. The molecule has 0 spiro atoms. The maximum absolute atomic E-state index is 5.77. The van der Waals surface area contributed by atoms with Crippen LogP contribution < -0.4 is 16.8 Å². The van der Waals surface area contributed by atoms with Gasteiger partial charge in [-0.15, -0.1) is 0 Å². The van der Waals surface area contributed by atoms with Crippen molar-refractivity contribution in [2.24, 2.45) is 0 Å². The fourth-order valence-corrected chi connectivity index (χ4v) is 1.30. The summed E-state index contributed by atoms with van der Waals surface area (Å²) in [6.07, 6.45) is 1.35. The van der Waals surface area contributed by atoms with Gasteiger partial charge in [0.1, 0.15) is 12.0 Å². The Labute approximate surface area is 97.5 Å². The zero-order valence-electron chi connectivity index (χ0n) is 8.31. The van der Waals surface area contributed by atoms with Crippen molar-refractivity contribution < 1.29 is 0 Å². The predicted molar refractivity (Wildman–Crippen MR) is 65.6 cm³/mol. The van der Waals surface area contributed by atoms with Crippen LogP contribution in [-0.2, 0) is 0 Å². The molecule has 2 aromatic rings. The molecule has 0 aliphatic carbocycles. The highest BCUT2D eigenvalue weighted by Gasteiger charge is 2.04. The average Bonchev–Trinajstić information content (AvgIpc) is 2.28. The van der Waals surface area contributed by atoms with Gasteiger partial charge in [-0.05, 0) is 24.3 Å². The summed E-state index contributed by atoms with van der Waals surface area (Å²) in [4.78, 5) is 7.77. The molecular weight excluding hydrogens is 226 g/mol. The number of halogens is 1. The van der Waals surface area contributed by atoms with Crippen LogP contribution in [-0.4, -0.2) is 9.97 Å². The highest BCUT2D eigenvalue weighted by molar-refractivity contribution is 6.30. The van der Waals surface area contributed by atoms with Crippen LogP contribution in [0.15, 0.2) is 30.6 Å². The van der Waals surface area contributed by atoms with E-state index in [0.717, 1.165) is 5.69 Å². The van der Waals surface area contributed by atoms with Gasteiger partial charge in [0.25, 0.3) is 0 Å². The van der Waals surface area contributed by atoms with Gasteiger partial charge in [0.2, 0.25) is 0 Å². The molecule has 5 N–H and O–H groups in total. The SMILES string of the molecule is Nc1ncnc(Nc2ccc(Cl)cc2)c1N. The van der Waals surface area contributed by atoms with E-state index in [1.807, 2.05) is 12.1 Å². The third-order valence-corrected chi connectivity index (χ3v) is 2.27. The van der Waals surface area contributed by atoms with Gasteiger partial charge >= 0.3 is 0 Å². The molecule has 0 radical (unpaired) electrons.